The van der Waals surface area contributed by atoms with Crippen LogP contribution in [-0.4, -0.2) is 33.6 Å². The lowest BCUT2D eigenvalue weighted by Crippen LogP contribution is -2.60. The van der Waals surface area contributed by atoms with Gasteiger partial charge in [-0.2, -0.15) is 0 Å². The highest BCUT2D eigenvalue weighted by molar-refractivity contribution is 5.29. The second kappa shape index (κ2) is 8.86. The molecule has 0 unspecified atom stereocenters. The molecule has 3 nitrogen and oxygen atoms in total. The van der Waals surface area contributed by atoms with Crippen LogP contribution in [0.5, 0.6) is 0 Å². The lowest BCUT2D eigenvalue weighted by Gasteiger charge is -2.61. The van der Waals surface area contributed by atoms with Crippen LogP contribution in [0.3, 0.4) is 0 Å². The van der Waals surface area contributed by atoms with Gasteiger partial charge in [0.05, 0.1) is 18.3 Å². The molecular weight excluding hydrogens is 396 g/mol. The summed E-state index contributed by atoms with van der Waals surface area (Å²) < 4.78 is 0. The summed E-state index contributed by atoms with van der Waals surface area (Å²) in [5.74, 6) is 3.05. The molecular formula is C29H48O3. The maximum atomic E-state index is 11.6. The van der Waals surface area contributed by atoms with Crippen molar-refractivity contribution < 1.29 is 15.3 Å². The Bertz CT molecular complexity index is 741. The van der Waals surface area contributed by atoms with Crippen LogP contribution < -0.4 is 0 Å². The summed E-state index contributed by atoms with van der Waals surface area (Å²) in [6.45, 7) is 14.0. The van der Waals surface area contributed by atoms with Gasteiger partial charge in [-0.25, -0.2) is 0 Å². The third-order valence-electron chi connectivity index (χ3n) is 10.7. The van der Waals surface area contributed by atoms with Gasteiger partial charge in [0.2, 0.25) is 0 Å². The van der Waals surface area contributed by atoms with Crippen molar-refractivity contribution in [2.24, 2.45) is 52.3 Å². The zero-order chi connectivity index (χ0) is 23.4. The second-order valence-corrected chi connectivity index (χ2v) is 12.7. The van der Waals surface area contributed by atoms with Crippen molar-refractivity contribution in [1.82, 2.24) is 0 Å². The zero-order valence-corrected chi connectivity index (χ0v) is 21.3. The fraction of sp³-hybridized carbons (Fsp3) is 0.862. The molecule has 0 aromatic rings. The number of aliphatic hydroxyl groups excluding tert-OH is 3. The maximum Gasteiger partial charge on any atom is 0.0758 e. The minimum Gasteiger partial charge on any atom is -0.393 e. The van der Waals surface area contributed by atoms with Crippen LogP contribution in [0.15, 0.2) is 23.8 Å². The summed E-state index contributed by atoms with van der Waals surface area (Å²) in [6, 6.07) is 0. The van der Waals surface area contributed by atoms with Crippen molar-refractivity contribution in [3.63, 3.8) is 0 Å². The molecule has 0 bridgehead atoms. The summed E-state index contributed by atoms with van der Waals surface area (Å²) >= 11 is 0. The first kappa shape index (κ1) is 24.5. The smallest absolute Gasteiger partial charge is 0.0758 e. The molecule has 0 aromatic carbocycles. The molecule has 0 spiro atoms. The average molecular weight is 445 g/mol. The molecule has 0 radical (unpaired) electrons. The molecule has 4 rings (SSSR count). The molecule has 4 aliphatic carbocycles. The van der Waals surface area contributed by atoms with E-state index >= 15 is 0 Å². The molecule has 0 amide bonds. The third-order valence-corrected chi connectivity index (χ3v) is 10.7. The van der Waals surface area contributed by atoms with Gasteiger partial charge >= 0.3 is 0 Å². The van der Waals surface area contributed by atoms with E-state index in [1.54, 1.807) is 0 Å². The van der Waals surface area contributed by atoms with E-state index in [9.17, 15) is 15.3 Å². The van der Waals surface area contributed by atoms with Gasteiger partial charge in [0, 0.05) is 0 Å². The van der Waals surface area contributed by atoms with Crippen molar-refractivity contribution in [2.75, 3.05) is 0 Å². The van der Waals surface area contributed by atoms with Crippen molar-refractivity contribution in [1.29, 1.82) is 0 Å². The largest absolute Gasteiger partial charge is 0.393 e. The first-order valence-electron chi connectivity index (χ1n) is 13.5. The Morgan fingerprint density at radius 2 is 1.78 bits per heavy atom. The number of fused-ring (bicyclic) bond motifs is 5. The zero-order valence-electron chi connectivity index (χ0n) is 21.3. The predicted molar refractivity (Wildman–Crippen MR) is 131 cm³/mol. The van der Waals surface area contributed by atoms with Crippen LogP contribution in [0.4, 0.5) is 0 Å². The Labute approximate surface area is 196 Å². The van der Waals surface area contributed by atoms with E-state index in [1.807, 2.05) is 0 Å². The topological polar surface area (TPSA) is 60.7 Å². The van der Waals surface area contributed by atoms with Crippen molar-refractivity contribution in [3.05, 3.63) is 23.8 Å². The molecule has 4 aliphatic rings. The maximum absolute atomic E-state index is 11.6. The Balaban J connectivity index is 1.61. The summed E-state index contributed by atoms with van der Waals surface area (Å²) in [4.78, 5) is 0. The Hall–Kier alpha value is -0.640. The van der Waals surface area contributed by atoms with Gasteiger partial charge in [0.15, 0.2) is 0 Å². The van der Waals surface area contributed by atoms with Gasteiger partial charge in [0.25, 0.3) is 0 Å². The van der Waals surface area contributed by atoms with Crippen LogP contribution >= 0.6 is 0 Å². The van der Waals surface area contributed by atoms with Crippen LogP contribution in [0.1, 0.15) is 86.5 Å². The normalized spacial score (nSPS) is 48.2. The van der Waals surface area contributed by atoms with Gasteiger partial charge in [-0.1, -0.05) is 65.3 Å². The van der Waals surface area contributed by atoms with E-state index < -0.39 is 6.10 Å². The first-order valence-corrected chi connectivity index (χ1v) is 13.5. The summed E-state index contributed by atoms with van der Waals surface area (Å²) in [5.41, 5.74) is 1.18. The Morgan fingerprint density at radius 1 is 1.06 bits per heavy atom. The lowest BCUT2D eigenvalue weighted by molar-refractivity contribution is -0.154. The van der Waals surface area contributed by atoms with Gasteiger partial charge in [-0.15, -0.1) is 0 Å². The minimum absolute atomic E-state index is 0.0702. The number of hydrogen-bond acceptors (Lipinski definition) is 3. The minimum atomic E-state index is -0.498. The molecule has 3 N–H and O–H groups in total. The highest BCUT2D eigenvalue weighted by atomic mass is 16.3. The number of hydrogen-bond donors (Lipinski definition) is 3. The van der Waals surface area contributed by atoms with Gasteiger partial charge in [-0.3, -0.25) is 0 Å². The molecule has 182 valence electrons. The average Bonchev–Trinajstić information content (AvgIpc) is 3.05. The first-order chi connectivity index (χ1) is 15.0. The standard InChI is InChI=1S/C29H48O3/c1-7-19(17(2)3)9-8-18(4)22-10-11-23-26-24(31)15-20-14-21(30)12-13-28(20,5)27(26)25(32)16-29(22,23)6/h8-9,15,17-19,21-27,30-32H,7,10-14,16H2,1-6H3/t18-,19+,21+,22-,23+,24-,25-,26-,27+,28+,29-/m1/s1. The highest BCUT2D eigenvalue weighted by Gasteiger charge is 2.63. The van der Waals surface area contributed by atoms with E-state index in [-0.39, 0.29) is 34.9 Å². The molecule has 11 atom stereocenters. The van der Waals surface area contributed by atoms with E-state index in [4.69, 9.17) is 0 Å². The van der Waals surface area contributed by atoms with Gasteiger partial charge in [0.1, 0.15) is 0 Å². The predicted octanol–water partition coefficient (Wildman–Crippen LogP) is 5.74. The number of allylic oxidation sites excluding steroid dienone is 2. The van der Waals surface area contributed by atoms with Crippen LogP contribution in [0, 0.1) is 52.3 Å². The van der Waals surface area contributed by atoms with Crippen molar-refractivity contribution in [2.45, 2.75) is 105 Å². The second-order valence-electron chi connectivity index (χ2n) is 12.7. The molecule has 3 saturated carbocycles. The fourth-order valence-corrected chi connectivity index (χ4v) is 8.93. The fourth-order valence-electron chi connectivity index (χ4n) is 8.93. The lowest BCUT2D eigenvalue weighted by atomic mass is 9.45. The van der Waals surface area contributed by atoms with Crippen LogP contribution in [0.25, 0.3) is 0 Å². The van der Waals surface area contributed by atoms with E-state index in [0.717, 1.165) is 25.7 Å². The summed E-state index contributed by atoms with van der Waals surface area (Å²) in [7, 11) is 0. The van der Waals surface area contributed by atoms with E-state index in [2.05, 4.69) is 59.8 Å². The molecule has 32 heavy (non-hydrogen) atoms. The van der Waals surface area contributed by atoms with Crippen molar-refractivity contribution in [3.8, 4) is 0 Å². The van der Waals surface area contributed by atoms with Crippen LogP contribution in [-0.2, 0) is 0 Å². The molecule has 0 heterocycles. The monoisotopic (exact) mass is 444 g/mol. The summed E-state index contributed by atoms with van der Waals surface area (Å²) in [5, 5.41) is 33.2. The van der Waals surface area contributed by atoms with E-state index in [1.165, 1.54) is 18.4 Å². The molecule has 3 fully saturated rings. The summed E-state index contributed by atoms with van der Waals surface area (Å²) in [6.07, 6.45) is 12.6. The quantitative estimate of drug-likeness (QED) is 0.474. The van der Waals surface area contributed by atoms with E-state index in [0.29, 0.717) is 36.0 Å². The Morgan fingerprint density at radius 3 is 2.44 bits per heavy atom. The number of aliphatic hydroxyl groups is 3. The van der Waals surface area contributed by atoms with Gasteiger partial charge < -0.3 is 15.3 Å². The van der Waals surface area contributed by atoms with Crippen LogP contribution in [0.2, 0.25) is 0 Å². The van der Waals surface area contributed by atoms with Gasteiger partial charge in [-0.05, 0) is 97.2 Å². The Kier molecular flexibility index (Phi) is 6.78. The molecule has 3 heteroatoms. The van der Waals surface area contributed by atoms with Crippen molar-refractivity contribution >= 4 is 0 Å². The third kappa shape index (κ3) is 3.85. The molecule has 0 aromatic heterocycles. The SMILES string of the molecule is CC[C@@H](C=C[C@@H](C)[C@H]1CC[C@H]2[C@H]3[C@H]([C@H](O)C[C@]12C)[C@@]1(C)CC[C@H](O)CC1=C[C@H]3O)C(C)C. The number of rotatable bonds is 5. The molecule has 0 saturated heterocycles. The molecule has 0 aliphatic heterocycles. The highest BCUT2D eigenvalue weighted by Crippen LogP contribution is 2.67.